The van der Waals surface area contributed by atoms with E-state index in [-0.39, 0.29) is 5.56 Å². The Balaban J connectivity index is 3.03. The molecule has 0 radical (unpaired) electrons. The molecule has 0 saturated carbocycles. The quantitative estimate of drug-likeness (QED) is 0.688. The van der Waals surface area contributed by atoms with Crippen molar-refractivity contribution in [2.45, 2.75) is 19.1 Å². The van der Waals surface area contributed by atoms with Gasteiger partial charge in [0.2, 0.25) is 0 Å². The predicted molar refractivity (Wildman–Crippen MR) is 48.6 cm³/mol. The maximum absolute atomic E-state index is 12.2. The third-order valence-corrected chi connectivity index (χ3v) is 2.02. The van der Waals surface area contributed by atoms with E-state index in [1.807, 2.05) is 0 Å². The van der Waals surface area contributed by atoms with Gasteiger partial charge in [0.05, 0.1) is 0 Å². The van der Waals surface area contributed by atoms with Crippen molar-refractivity contribution in [1.82, 2.24) is 0 Å². The Bertz CT molecular complexity index is 333. The lowest BCUT2D eigenvalue weighted by Gasteiger charge is -2.16. The van der Waals surface area contributed by atoms with Crippen LogP contribution in [-0.2, 0) is 0 Å². The molecule has 0 aliphatic carbocycles. The highest BCUT2D eigenvalue weighted by Crippen LogP contribution is 2.31. The van der Waals surface area contributed by atoms with Crippen LogP contribution in [0, 0.1) is 6.92 Å². The fraction of sp³-hybridized carbons (Fsp3) is 0.333. The monoisotopic (exact) mass is 204 g/mol. The van der Waals surface area contributed by atoms with Gasteiger partial charge in [-0.15, -0.1) is 0 Å². The van der Waals surface area contributed by atoms with E-state index in [1.165, 1.54) is 18.2 Å². The zero-order valence-electron chi connectivity index (χ0n) is 7.60. The number of nitrogens with two attached hydrogens (primary N) is 2. The van der Waals surface area contributed by atoms with Crippen molar-refractivity contribution >= 4 is 5.69 Å². The van der Waals surface area contributed by atoms with Crippen molar-refractivity contribution in [3.8, 4) is 0 Å². The first-order chi connectivity index (χ1) is 6.32. The summed E-state index contributed by atoms with van der Waals surface area (Å²) in [5.74, 6) is 0. The minimum Gasteiger partial charge on any atom is -0.399 e. The third-order valence-electron chi connectivity index (χ3n) is 2.02. The summed E-state index contributed by atoms with van der Waals surface area (Å²) in [7, 11) is 0. The molecular weight excluding hydrogens is 193 g/mol. The molecule has 1 aromatic carbocycles. The number of benzene rings is 1. The van der Waals surface area contributed by atoms with E-state index in [1.54, 1.807) is 6.92 Å². The Kier molecular flexibility index (Phi) is 2.71. The van der Waals surface area contributed by atoms with Crippen LogP contribution in [0.3, 0.4) is 0 Å². The lowest BCUT2D eigenvalue weighted by molar-refractivity contribution is -0.149. The summed E-state index contributed by atoms with van der Waals surface area (Å²) in [6.45, 7) is 1.72. The minimum absolute atomic E-state index is 0.0133. The molecule has 0 saturated heterocycles. The molecule has 0 amide bonds. The van der Waals surface area contributed by atoms with Gasteiger partial charge in [0.15, 0.2) is 0 Å². The molecule has 78 valence electrons. The summed E-state index contributed by atoms with van der Waals surface area (Å²) >= 11 is 0. The number of halogens is 3. The molecule has 0 aliphatic heterocycles. The van der Waals surface area contributed by atoms with E-state index in [9.17, 15) is 13.2 Å². The van der Waals surface area contributed by atoms with Crippen molar-refractivity contribution in [2.24, 2.45) is 5.73 Å². The maximum atomic E-state index is 12.2. The maximum Gasteiger partial charge on any atom is 0.407 e. The van der Waals surface area contributed by atoms with Gasteiger partial charge in [0, 0.05) is 5.69 Å². The zero-order valence-corrected chi connectivity index (χ0v) is 7.60. The highest BCUT2D eigenvalue weighted by atomic mass is 19.4. The summed E-state index contributed by atoms with van der Waals surface area (Å²) < 4.78 is 36.6. The van der Waals surface area contributed by atoms with Gasteiger partial charge in [-0.05, 0) is 24.1 Å². The number of anilines is 1. The van der Waals surface area contributed by atoms with Crippen LogP contribution in [0.1, 0.15) is 17.2 Å². The molecule has 0 heterocycles. The second-order valence-electron chi connectivity index (χ2n) is 3.14. The normalized spacial score (nSPS) is 14.1. The van der Waals surface area contributed by atoms with Crippen LogP contribution >= 0.6 is 0 Å². The first kappa shape index (κ1) is 10.8. The van der Waals surface area contributed by atoms with E-state index >= 15 is 0 Å². The standard InChI is InChI=1S/C9H11F3N2/c1-5-2-3-6(4-7(5)13)8(14)9(10,11)12/h2-4,8H,13-14H2,1H3. The molecule has 0 bridgehead atoms. The van der Waals surface area contributed by atoms with Crippen LogP contribution in [-0.4, -0.2) is 6.18 Å². The Morgan fingerprint density at radius 3 is 2.29 bits per heavy atom. The molecule has 0 aromatic heterocycles. The van der Waals surface area contributed by atoms with Gasteiger partial charge in [-0.3, -0.25) is 0 Å². The molecule has 2 nitrogen and oxygen atoms in total. The lowest BCUT2D eigenvalue weighted by Crippen LogP contribution is -2.28. The van der Waals surface area contributed by atoms with Crippen LogP contribution < -0.4 is 11.5 Å². The Morgan fingerprint density at radius 2 is 1.86 bits per heavy atom. The van der Waals surface area contributed by atoms with E-state index in [0.717, 1.165) is 5.56 Å². The lowest BCUT2D eigenvalue weighted by atomic mass is 10.0. The number of rotatable bonds is 1. The third kappa shape index (κ3) is 2.17. The Hall–Kier alpha value is -1.23. The van der Waals surface area contributed by atoms with Crippen molar-refractivity contribution < 1.29 is 13.2 Å². The highest BCUT2D eigenvalue weighted by molar-refractivity contribution is 5.49. The second-order valence-corrected chi connectivity index (χ2v) is 3.14. The van der Waals surface area contributed by atoms with E-state index in [0.29, 0.717) is 5.69 Å². The molecule has 5 heteroatoms. The van der Waals surface area contributed by atoms with Crippen molar-refractivity contribution in [3.05, 3.63) is 29.3 Å². The molecule has 1 aromatic rings. The molecule has 1 rings (SSSR count). The van der Waals surface area contributed by atoms with Gasteiger partial charge in [0.1, 0.15) is 6.04 Å². The van der Waals surface area contributed by atoms with Gasteiger partial charge in [-0.25, -0.2) is 0 Å². The smallest absolute Gasteiger partial charge is 0.399 e. The molecule has 0 fully saturated rings. The number of aryl methyl sites for hydroxylation is 1. The zero-order chi connectivity index (χ0) is 10.9. The van der Waals surface area contributed by atoms with Crippen LogP contribution in [0.25, 0.3) is 0 Å². The van der Waals surface area contributed by atoms with Crippen molar-refractivity contribution in [3.63, 3.8) is 0 Å². The fourth-order valence-electron chi connectivity index (χ4n) is 1.04. The van der Waals surface area contributed by atoms with Crippen LogP contribution in [0.15, 0.2) is 18.2 Å². The summed E-state index contributed by atoms with van der Waals surface area (Å²) in [6.07, 6.45) is -4.43. The van der Waals surface area contributed by atoms with E-state index in [2.05, 4.69) is 0 Å². The van der Waals surface area contributed by atoms with E-state index < -0.39 is 12.2 Å². The van der Waals surface area contributed by atoms with Crippen LogP contribution in [0.4, 0.5) is 18.9 Å². The summed E-state index contributed by atoms with van der Waals surface area (Å²) in [6, 6.07) is 2.15. The van der Waals surface area contributed by atoms with Gasteiger partial charge in [-0.1, -0.05) is 12.1 Å². The second kappa shape index (κ2) is 3.49. The average molecular weight is 204 g/mol. The van der Waals surface area contributed by atoms with Gasteiger partial charge < -0.3 is 11.5 Å². The highest BCUT2D eigenvalue weighted by Gasteiger charge is 2.37. The number of hydrogen-bond donors (Lipinski definition) is 2. The van der Waals surface area contributed by atoms with Gasteiger partial charge in [0.25, 0.3) is 0 Å². The minimum atomic E-state index is -4.43. The fourth-order valence-corrected chi connectivity index (χ4v) is 1.04. The average Bonchev–Trinajstić information content (AvgIpc) is 2.07. The van der Waals surface area contributed by atoms with Crippen LogP contribution in [0.2, 0.25) is 0 Å². The first-order valence-electron chi connectivity index (χ1n) is 4.00. The summed E-state index contributed by atoms with van der Waals surface area (Å²) in [5.41, 5.74) is 11.5. The summed E-state index contributed by atoms with van der Waals surface area (Å²) in [4.78, 5) is 0. The molecule has 14 heavy (non-hydrogen) atoms. The molecule has 1 atom stereocenters. The molecule has 4 N–H and O–H groups in total. The number of hydrogen-bond acceptors (Lipinski definition) is 2. The number of alkyl halides is 3. The largest absolute Gasteiger partial charge is 0.407 e. The predicted octanol–water partition coefficient (Wildman–Crippen LogP) is 2.14. The SMILES string of the molecule is Cc1ccc(C(N)C(F)(F)F)cc1N. The molecular formula is C9H11F3N2. The van der Waals surface area contributed by atoms with Crippen LogP contribution in [0.5, 0.6) is 0 Å². The van der Waals surface area contributed by atoms with E-state index in [4.69, 9.17) is 11.5 Å². The van der Waals surface area contributed by atoms with Crippen molar-refractivity contribution in [2.75, 3.05) is 5.73 Å². The Labute approximate surface area is 79.7 Å². The van der Waals surface area contributed by atoms with Crippen molar-refractivity contribution in [1.29, 1.82) is 0 Å². The molecule has 0 aliphatic rings. The number of nitrogen functional groups attached to an aromatic ring is 1. The first-order valence-corrected chi connectivity index (χ1v) is 4.00. The molecule has 1 unspecified atom stereocenters. The van der Waals surface area contributed by atoms with Gasteiger partial charge >= 0.3 is 6.18 Å². The summed E-state index contributed by atoms with van der Waals surface area (Å²) in [5, 5.41) is 0. The molecule has 0 spiro atoms. The van der Waals surface area contributed by atoms with Gasteiger partial charge in [-0.2, -0.15) is 13.2 Å². The Morgan fingerprint density at radius 1 is 1.29 bits per heavy atom. The topological polar surface area (TPSA) is 52.0 Å².